The molecule has 2 N–H and O–H groups in total. The quantitative estimate of drug-likeness (QED) is 0.573. The second-order valence-electron chi connectivity index (χ2n) is 2.61. The fourth-order valence-corrected chi connectivity index (χ4v) is 3.53. The van der Waals surface area contributed by atoms with Crippen molar-refractivity contribution in [3.8, 4) is 0 Å². The number of hydrogen-bond acceptors (Lipinski definition) is 4. The van der Waals surface area contributed by atoms with E-state index in [-0.39, 0.29) is 0 Å². The smallest absolute Gasteiger partial charge is 0.0697 e. The highest BCUT2D eigenvalue weighted by Crippen LogP contribution is 2.24. The number of thioether (sulfide) groups is 1. The van der Waals surface area contributed by atoms with Gasteiger partial charge in [-0.1, -0.05) is 11.9 Å². The Bertz CT molecular complexity index is 94.3. The van der Waals surface area contributed by atoms with Gasteiger partial charge in [0.05, 0.1) is 5.37 Å². The lowest BCUT2D eigenvalue weighted by Gasteiger charge is -2.16. The van der Waals surface area contributed by atoms with E-state index in [1.165, 1.54) is 24.5 Å². The summed E-state index contributed by atoms with van der Waals surface area (Å²) in [5.74, 6) is 2.57. The van der Waals surface area contributed by atoms with Gasteiger partial charge in [-0.3, -0.25) is 4.72 Å². The van der Waals surface area contributed by atoms with Crippen LogP contribution in [0.2, 0.25) is 0 Å². The molecule has 0 bridgehead atoms. The van der Waals surface area contributed by atoms with Crippen molar-refractivity contribution in [3.05, 3.63) is 0 Å². The molecule has 0 spiro atoms. The molecule has 0 aromatic carbocycles. The summed E-state index contributed by atoms with van der Waals surface area (Å²) in [5, 5.41) is 4.18. The van der Waals surface area contributed by atoms with Crippen molar-refractivity contribution in [1.82, 2.24) is 10.0 Å². The van der Waals surface area contributed by atoms with Crippen molar-refractivity contribution in [2.45, 2.75) is 17.8 Å². The van der Waals surface area contributed by atoms with Crippen LogP contribution in [0.1, 0.15) is 6.42 Å². The predicted octanol–water partition coefficient (Wildman–Crippen LogP) is 0.659. The minimum absolute atomic E-state index is 0.690. The molecule has 2 rings (SSSR count). The summed E-state index contributed by atoms with van der Waals surface area (Å²) in [6.45, 7) is 1.19. The van der Waals surface area contributed by atoms with Crippen molar-refractivity contribution < 1.29 is 0 Å². The van der Waals surface area contributed by atoms with Crippen LogP contribution in [0.3, 0.4) is 0 Å². The topological polar surface area (TPSA) is 24.1 Å². The molecule has 2 atom stereocenters. The van der Waals surface area contributed by atoms with Crippen molar-refractivity contribution in [2.75, 3.05) is 18.1 Å². The average Bonchev–Trinajstić information content (AvgIpc) is 2.59. The first-order valence-electron chi connectivity index (χ1n) is 3.69. The van der Waals surface area contributed by atoms with Gasteiger partial charge in [0.2, 0.25) is 0 Å². The molecule has 0 radical (unpaired) electrons. The van der Waals surface area contributed by atoms with E-state index < -0.39 is 0 Å². The highest BCUT2D eigenvalue weighted by molar-refractivity contribution is 8.00. The molecule has 2 aliphatic heterocycles. The normalized spacial score (nSPS) is 40.8. The van der Waals surface area contributed by atoms with Crippen LogP contribution in [-0.2, 0) is 0 Å². The van der Waals surface area contributed by atoms with E-state index in [0.29, 0.717) is 5.37 Å². The average molecular weight is 176 g/mol. The van der Waals surface area contributed by atoms with Gasteiger partial charge in [0.25, 0.3) is 0 Å². The lowest BCUT2D eigenvalue weighted by Crippen LogP contribution is -2.37. The van der Waals surface area contributed by atoms with Crippen LogP contribution in [0.5, 0.6) is 0 Å². The first-order valence-corrected chi connectivity index (χ1v) is 5.72. The van der Waals surface area contributed by atoms with E-state index in [1.54, 1.807) is 0 Å². The van der Waals surface area contributed by atoms with Gasteiger partial charge in [-0.15, -0.1) is 11.8 Å². The maximum atomic E-state index is 3.49. The van der Waals surface area contributed by atoms with Gasteiger partial charge in [-0.25, -0.2) is 0 Å². The molecular formula is C6H12N2S2. The number of rotatable bonds is 1. The van der Waals surface area contributed by atoms with E-state index in [9.17, 15) is 0 Å². The van der Waals surface area contributed by atoms with E-state index >= 15 is 0 Å². The van der Waals surface area contributed by atoms with Gasteiger partial charge < -0.3 is 5.32 Å². The van der Waals surface area contributed by atoms with Crippen molar-refractivity contribution in [2.24, 2.45) is 0 Å². The van der Waals surface area contributed by atoms with Gasteiger partial charge in [-0.05, 0) is 6.42 Å². The highest BCUT2D eigenvalue weighted by atomic mass is 32.2. The van der Waals surface area contributed by atoms with E-state index in [4.69, 9.17) is 0 Å². The van der Waals surface area contributed by atoms with Gasteiger partial charge in [0.1, 0.15) is 0 Å². The fourth-order valence-electron chi connectivity index (χ4n) is 1.33. The number of hydrogen-bond donors (Lipinski definition) is 2. The van der Waals surface area contributed by atoms with Crippen LogP contribution in [-0.4, -0.2) is 29.5 Å². The SMILES string of the molecule is C1CSC(C2CCSN2)N1. The van der Waals surface area contributed by atoms with Crippen LogP contribution in [0.4, 0.5) is 0 Å². The minimum atomic E-state index is 0.690. The summed E-state index contributed by atoms with van der Waals surface area (Å²) in [5.41, 5.74) is 0. The molecule has 0 aromatic rings. The second-order valence-corrected chi connectivity index (χ2v) is 4.79. The third-order valence-electron chi connectivity index (χ3n) is 1.88. The van der Waals surface area contributed by atoms with E-state index in [0.717, 1.165) is 6.04 Å². The Hall–Kier alpha value is 0.620. The van der Waals surface area contributed by atoms with E-state index in [1.807, 2.05) is 11.9 Å². The van der Waals surface area contributed by atoms with Gasteiger partial charge >= 0.3 is 0 Å². The summed E-state index contributed by atoms with van der Waals surface area (Å²) >= 11 is 3.92. The molecule has 0 aromatic heterocycles. The zero-order chi connectivity index (χ0) is 6.81. The Morgan fingerprint density at radius 3 is 2.90 bits per heavy atom. The molecule has 0 aliphatic carbocycles. The summed E-state index contributed by atoms with van der Waals surface area (Å²) in [7, 11) is 0. The molecule has 2 aliphatic rings. The first kappa shape index (κ1) is 7.28. The third kappa shape index (κ3) is 1.44. The van der Waals surface area contributed by atoms with Crippen LogP contribution < -0.4 is 10.0 Å². The Morgan fingerprint density at radius 2 is 2.30 bits per heavy atom. The lowest BCUT2D eigenvalue weighted by molar-refractivity contribution is 0.552. The van der Waals surface area contributed by atoms with Gasteiger partial charge in [-0.2, -0.15) is 0 Å². The Balaban J connectivity index is 1.85. The largest absolute Gasteiger partial charge is 0.303 e. The van der Waals surface area contributed by atoms with Crippen molar-refractivity contribution >= 4 is 23.7 Å². The van der Waals surface area contributed by atoms with Crippen LogP contribution >= 0.6 is 23.7 Å². The maximum Gasteiger partial charge on any atom is 0.0697 e. The molecule has 10 heavy (non-hydrogen) atoms. The summed E-state index contributed by atoms with van der Waals surface area (Å²) in [6.07, 6.45) is 1.33. The third-order valence-corrected chi connectivity index (χ3v) is 4.08. The zero-order valence-corrected chi connectivity index (χ0v) is 7.43. The molecule has 2 heterocycles. The van der Waals surface area contributed by atoms with Crippen molar-refractivity contribution in [3.63, 3.8) is 0 Å². The van der Waals surface area contributed by atoms with Crippen LogP contribution in [0.15, 0.2) is 0 Å². The maximum absolute atomic E-state index is 3.49. The first-order chi connectivity index (χ1) is 4.97. The molecule has 0 saturated carbocycles. The van der Waals surface area contributed by atoms with Gasteiger partial charge in [0, 0.05) is 24.1 Å². The lowest BCUT2D eigenvalue weighted by atomic mass is 10.2. The van der Waals surface area contributed by atoms with Crippen LogP contribution in [0, 0.1) is 0 Å². The molecule has 2 nitrogen and oxygen atoms in total. The standard InChI is InChI=1S/C6H12N2S2/c1-3-10-8-5(1)6-7-2-4-9-6/h5-8H,1-4H2. The van der Waals surface area contributed by atoms with Crippen molar-refractivity contribution in [1.29, 1.82) is 0 Å². The Morgan fingerprint density at radius 1 is 1.30 bits per heavy atom. The minimum Gasteiger partial charge on any atom is -0.303 e. The number of nitrogens with one attached hydrogen (secondary N) is 2. The summed E-state index contributed by atoms with van der Waals surface area (Å²) in [4.78, 5) is 0. The Kier molecular flexibility index (Phi) is 2.43. The molecule has 4 heteroatoms. The molecule has 58 valence electrons. The summed E-state index contributed by atoms with van der Waals surface area (Å²) in [6, 6.07) is 0.720. The predicted molar refractivity (Wildman–Crippen MR) is 48.2 cm³/mol. The fraction of sp³-hybridized carbons (Fsp3) is 1.00. The molecule has 2 unspecified atom stereocenters. The molecular weight excluding hydrogens is 164 g/mol. The molecule has 2 fully saturated rings. The molecule has 2 saturated heterocycles. The monoisotopic (exact) mass is 176 g/mol. The highest BCUT2D eigenvalue weighted by Gasteiger charge is 2.27. The van der Waals surface area contributed by atoms with Crippen LogP contribution in [0.25, 0.3) is 0 Å². The Labute approximate surface area is 70.0 Å². The summed E-state index contributed by atoms with van der Waals surface area (Å²) < 4.78 is 3.43. The van der Waals surface area contributed by atoms with Gasteiger partial charge in [0.15, 0.2) is 0 Å². The van der Waals surface area contributed by atoms with E-state index in [2.05, 4.69) is 21.8 Å². The zero-order valence-electron chi connectivity index (χ0n) is 5.80. The molecule has 0 amide bonds. The second kappa shape index (κ2) is 3.34.